The van der Waals surface area contributed by atoms with Crippen LogP contribution in [0.5, 0.6) is 11.5 Å². The van der Waals surface area contributed by atoms with Crippen molar-refractivity contribution in [2.75, 3.05) is 13.4 Å². The molecular weight excluding hydrogens is 468 g/mol. The number of nitrogens with zero attached hydrogens (tertiary/aromatic N) is 3. The van der Waals surface area contributed by atoms with Crippen LogP contribution < -0.4 is 9.47 Å². The zero-order valence-corrected chi connectivity index (χ0v) is 18.9. The Kier molecular flexibility index (Phi) is 5.87. The van der Waals surface area contributed by atoms with Crippen molar-refractivity contribution in [1.82, 2.24) is 4.90 Å². The fourth-order valence-electron chi connectivity index (χ4n) is 3.00. The molecule has 2 aliphatic rings. The predicted octanol–water partition coefficient (Wildman–Crippen LogP) is 2.54. The van der Waals surface area contributed by atoms with Crippen LogP contribution in [0.2, 0.25) is 0 Å². The SMILES string of the molecule is COc1cc(/C=C2/C(=N)N3C(=NC2=O)SN=C3S(C)(=O)=O)ccc1OC(=O)c1ccccc1. The van der Waals surface area contributed by atoms with Gasteiger partial charge in [-0.3, -0.25) is 10.2 Å². The van der Waals surface area contributed by atoms with E-state index in [1.54, 1.807) is 36.4 Å². The van der Waals surface area contributed by atoms with E-state index in [1.165, 1.54) is 25.3 Å². The number of sulfone groups is 1. The van der Waals surface area contributed by atoms with E-state index < -0.39 is 21.7 Å². The molecule has 10 nitrogen and oxygen atoms in total. The molecule has 168 valence electrons. The van der Waals surface area contributed by atoms with Crippen molar-refractivity contribution in [3.05, 3.63) is 65.2 Å². The fraction of sp³-hybridized carbons (Fsp3) is 0.0952. The third-order valence-corrected chi connectivity index (χ3v) is 6.29. The van der Waals surface area contributed by atoms with Crippen LogP contribution in [0.25, 0.3) is 6.08 Å². The van der Waals surface area contributed by atoms with E-state index in [1.807, 2.05) is 0 Å². The number of amides is 1. The van der Waals surface area contributed by atoms with Crippen LogP contribution in [0.15, 0.2) is 63.5 Å². The highest BCUT2D eigenvalue weighted by Gasteiger charge is 2.41. The lowest BCUT2D eigenvalue weighted by atomic mass is 10.1. The quantitative estimate of drug-likeness (QED) is 0.302. The monoisotopic (exact) mass is 484 g/mol. The van der Waals surface area contributed by atoms with Gasteiger partial charge in [0.05, 0.1) is 30.2 Å². The van der Waals surface area contributed by atoms with Crippen LogP contribution in [0, 0.1) is 5.41 Å². The van der Waals surface area contributed by atoms with Gasteiger partial charge in [-0.1, -0.05) is 24.3 Å². The Bertz CT molecular complexity index is 1380. The van der Waals surface area contributed by atoms with E-state index in [4.69, 9.17) is 14.9 Å². The minimum atomic E-state index is -3.74. The highest BCUT2D eigenvalue weighted by atomic mass is 32.2. The number of hydrogen-bond acceptors (Lipinski definition) is 9. The van der Waals surface area contributed by atoms with Gasteiger partial charge in [0.2, 0.25) is 20.2 Å². The number of aliphatic imine (C=N–C) groups is 1. The van der Waals surface area contributed by atoms with E-state index >= 15 is 0 Å². The maximum atomic E-state index is 12.5. The number of nitrogens with one attached hydrogen (secondary N) is 1. The standard InChI is InChI=1S/C21H16N4O6S2/c1-30-16-11-12(8-9-15(16)31-19(27)13-6-4-3-5-7-13)10-14-17(22)25-20(23-18(14)26)32-24-21(25)33(2,28)29/h3-11,22H,1-2H3/b14-10-,22-17?. The molecule has 0 radical (unpaired) electrons. The number of fused-ring (bicyclic) bond motifs is 1. The van der Waals surface area contributed by atoms with Crippen molar-refractivity contribution in [3.8, 4) is 11.5 Å². The first-order chi connectivity index (χ1) is 15.7. The Hall–Kier alpha value is -3.77. The lowest BCUT2D eigenvalue weighted by molar-refractivity contribution is -0.114. The van der Waals surface area contributed by atoms with E-state index in [0.717, 1.165) is 11.2 Å². The second-order valence-corrected chi connectivity index (χ2v) is 9.48. The van der Waals surface area contributed by atoms with Gasteiger partial charge in [-0.2, -0.15) is 9.39 Å². The van der Waals surface area contributed by atoms with Gasteiger partial charge in [0.1, 0.15) is 5.84 Å². The number of carbonyl (C=O) groups excluding carboxylic acids is 2. The summed E-state index contributed by atoms with van der Waals surface area (Å²) in [4.78, 5) is 29.7. The second kappa shape index (κ2) is 8.64. The van der Waals surface area contributed by atoms with E-state index in [9.17, 15) is 18.0 Å². The topological polar surface area (TPSA) is 139 Å². The smallest absolute Gasteiger partial charge is 0.343 e. The molecule has 1 amide bonds. The molecule has 2 aromatic carbocycles. The summed E-state index contributed by atoms with van der Waals surface area (Å²) in [5, 5.41) is 8.03. The lowest BCUT2D eigenvalue weighted by Crippen LogP contribution is -2.45. The van der Waals surface area contributed by atoms with Crippen LogP contribution in [0.1, 0.15) is 15.9 Å². The van der Waals surface area contributed by atoms with Crippen molar-refractivity contribution in [1.29, 1.82) is 5.41 Å². The minimum Gasteiger partial charge on any atom is -0.493 e. The van der Waals surface area contributed by atoms with Gasteiger partial charge >= 0.3 is 5.97 Å². The molecule has 0 aliphatic carbocycles. The summed E-state index contributed by atoms with van der Waals surface area (Å²) in [6.07, 6.45) is 2.34. The molecule has 2 aromatic rings. The van der Waals surface area contributed by atoms with E-state index in [2.05, 4.69) is 9.39 Å². The summed E-state index contributed by atoms with van der Waals surface area (Å²) in [5.74, 6) is -1.24. The summed E-state index contributed by atoms with van der Waals surface area (Å²) in [6, 6.07) is 13.0. The van der Waals surface area contributed by atoms with Crippen molar-refractivity contribution in [2.24, 2.45) is 9.39 Å². The largest absolute Gasteiger partial charge is 0.493 e. The second-order valence-electron chi connectivity index (χ2n) is 6.84. The minimum absolute atomic E-state index is 0.00308. The Morgan fingerprint density at radius 2 is 1.88 bits per heavy atom. The average molecular weight is 485 g/mol. The summed E-state index contributed by atoms with van der Waals surface area (Å²) in [7, 11) is -2.35. The lowest BCUT2D eigenvalue weighted by Gasteiger charge is -2.23. The van der Waals surface area contributed by atoms with Crippen molar-refractivity contribution in [2.45, 2.75) is 0 Å². The number of rotatable bonds is 4. The van der Waals surface area contributed by atoms with Gasteiger partial charge in [-0.25, -0.2) is 18.1 Å². The number of carbonyl (C=O) groups is 2. The first-order valence-electron chi connectivity index (χ1n) is 9.33. The van der Waals surface area contributed by atoms with Crippen LogP contribution in [-0.2, 0) is 14.6 Å². The van der Waals surface area contributed by atoms with Crippen LogP contribution in [-0.4, -0.2) is 54.7 Å². The first-order valence-corrected chi connectivity index (χ1v) is 12.0. The Balaban J connectivity index is 1.64. The molecule has 0 unspecified atom stereocenters. The number of amidine groups is 3. The molecule has 2 heterocycles. The average Bonchev–Trinajstić information content (AvgIpc) is 3.22. The molecule has 12 heteroatoms. The molecule has 0 fully saturated rings. The third-order valence-electron chi connectivity index (χ3n) is 4.54. The highest BCUT2D eigenvalue weighted by molar-refractivity contribution is 8.16. The number of methoxy groups -OCH3 is 1. The van der Waals surface area contributed by atoms with Gasteiger partial charge in [-0.05, 0) is 35.9 Å². The van der Waals surface area contributed by atoms with Crippen LogP contribution in [0.3, 0.4) is 0 Å². The Labute approximate surface area is 193 Å². The molecule has 0 saturated heterocycles. The summed E-state index contributed by atoms with van der Waals surface area (Å²) >= 11 is 0.716. The van der Waals surface area contributed by atoms with Crippen molar-refractivity contribution < 1.29 is 27.5 Å². The third kappa shape index (κ3) is 4.43. The molecule has 0 saturated carbocycles. The summed E-state index contributed by atoms with van der Waals surface area (Å²) in [5.41, 5.74) is 0.684. The van der Waals surface area contributed by atoms with Crippen LogP contribution >= 0.6 is 11.9 Å². The molecule has 0 atom stereocenters. The maximum Gasteiger partial charge on any atom is 0.343 e. The maximum absolute atomic E-state index is 12.5. The molecule has 1 N–H and O–H groups in total. The zero-order chi connectivity index (χ0) is 23.8. The fourth-order valence-corrected chi connectivity index (χ4v) is 4.84. The molecule has 2 aliphatic heterocycles. The zero-order valence-electron chi connectivity index (χ0n) is 17.3. The van der Waals surface area contributed by atoms with Crippen LogP contribution in [0.4, 0.5) is 0 Å². The van der Waals surface area contributed by atoms with Gasteiger partial charge in [0.15, 0.2) is 11.5 Å². The molecule has 0 aromatic heterocycles. The molecule has 4 rings (SSSR count). The van der Waals surface area contributed by atoms with Gasteiger partial charge in [0, 0.05) is 6.26 Å². The predicted molar refractivity (Wildman–Crippen MR) is 124 cm³/mol. The Morgan fingerprint density at radius 1 is 1.15 bits per heavy atom. The van der Waals surface area contributed by atoms with E-state index in [0.29, 0.717) is 23.1 Å². The molecular formula is C21H16N4O6S2. The van der Waals surface area contributed by atoms with Gasteiger partial charge in [-0.15, -0.1) is 0 Å². The Morgan fingerprint density at radius 3 is 2.55 bits per heavy atom. The number of esters is 1. The normalized spacial score (nSPS) is 16.9. The van der Waals surface area contributed by atoms with E-state index in [-0.39, 0.29) is 33.2 Å². The number of ether oxygens (including phenoxy) is 2. The first kappa shape index (κ1) is 22.4. The number of hydrogen-bond donors (Lipinski definition) is 1. The van der Waals surface area contributed by atoms with Crippen molar-refractivity contribution in [3.63, 3.8) is 0 Å². The molecule has 0 spiro atoms. The van der Waals surface area contributed by atoms with Crippen molar-refractivity contribution >= 4 is 55.9 Å². The molecule has 0 bridgehead atoms. The summed E-state index contributed by atoms with van der Waals surface area (Å²) < 4.78 is 38.5. The number of benzene rings is 2. The summed E-state index contributed by atoms with van der Waals surface area (Å²) in [6.45, 7) is 0. The molecule has 33 heavy (non-hydrogen) atoms. The highest BCUT2D eigenvalue weighted by Crippen LogP contribution is 2.32. The van der Waals surface area contributed by atoms with Gasteiger partial charge < -0.3 is 9.47 Å². The van der Waals surface area contributed by atoms with Gasteiger partial charge in [0.25, 0.3) is 5.91 Å².